The van der Waals surface area contributed by atoms with Gasteiger partial charge in [-0.05, 0) is 89.9 Å². The number of rotatable bonds is 41. The van der Waals surface area contributed by atoms with Gasteiger partial charge in [0.15, 0.2) is 0 Å². The molecule has 3 unspecified atom stereocenters. The Morgan fingerprint density at radius 1 is 0.542 bits per heavy atom. The average molecular weight is 845 g/mol. The van der Waals surface area contributed by atoms with E-state index in [1.165, 1.54) is 38.5 Å². The number of phosphoric acid groups is 1. The summed E-state index contributed by atoms with van der Waals surface area (Å²) < 4.78 is 33.3. The SMILES string of the molecule is CC/C=C\C/C=C\C/C=C\C/C=C\C/C=C\C/C=C\C/C=C\CCCC(=O)OC(COCCCCCCCC/C=C\C/C=C\CCCC)COP(=O)(O)OCC(O)CO. The van der Waals surface area contributed by atoms with Gasteiger partial charge in [0.1, 0.15) is 12.2 Å². The molecule has 0 aromatic heterocycles. The largest absolute Gasteiger partial charge is 0.472 e. The Bertz CT molecular complexity index is 1280. The number of phosphoric ester groups is 1. The smallest absolute Gasteiger partial charge is 0.457 e. The van der Waals surface area contributed by atoms with Crippen LogP contribution in [0.5, 0.6) is 0 Å². The number of aliphatic hydroxyl groups is 2. The summed E-state index contributed by atoms with van der Waals surface area (Å²) in [7, 11) is -4.55. The molecule has 0 fully saturated rings. The van der Waals surface area contributed by atoms with E-state index in [1.54, 1.807) is 0 Å². The molecule has 3 atom stereocenters. The number of ether oxygens (including phenoxy) is 2. The molecule has 10 heteroatoms. The monoisotopic (exact) mass is 845 g/mol. The number of carbonyl (C=O) groups excluding carboxylic acids is 1. The first kappa shape index (κ1) is 56.1. The van der Waals surface area contributed by atoms with E-state index in [9.17, 15) is 19.4 Å². The van der Waals surface area contributed by atoms with Crippen LogP contribution in [0, 0.1) is 0 Å². The van der Waals surface area contributed by atoms with E-state index in [2.05, 4.69) is 117 Å². The molecule has 0 aromatic rings. The van der Waals surface area contributed by atoms with Gasteiger partial charge in [0.05, 0.1) is 26.4 Å². The molecule has 0 aromatic carbocycles. The summed E-state index contributed by atoms with van der Waals surface area (Å²) in [6.45, 7) is 3.23. The summed E-state index contributed by atoms with van der Waals surface area (Å²) >= 11 is 0. The third kappa shape index (κ3) is 44.5. The van der Waals surface area contributed by atoms with Crippen LogP contribution >= 0.6 is 7.82 Å². The highest BCUT2D eigenvalue weighted by molar-refractivity contribution is 7.47. The molecule has 336 valence electrons. The Morgan fingerprint density at radius 2 is 0.966 bits per heavy atom. The van der Waals surface area contributed by atoms with Crippen molar-refractivity contribution in [1.82, 2.24) is 0 Å². The van der Waals surface area contributed by atoms with Crippen LogP contribution in [0.4, 0.5) is 0 Å². The number of carbonyl (C=O) groups is 1. The Hall–Kier alpha value is -2.88. The van der Waals surface area contributed by atoms with Crippen molar-refractivity contribution in [2.45, 2.75) is 161 Å². The first-order valence-corrected chi connectivity index (χ1v) is 23.9. The van der Waals surface area contributed by atoms with E-state index in [0.29, 0.717) is 13.0 Å². The van der Waals surface area contributed by atoms with Gasteiger partial charge in [0.2, 0.25) is 0 Å². The van der Waals surface area contributed by atoms with Gasteiger partial charge in [-0.15, -0.1) is 0 Å². The number of allylic oxidation sites excluding steroid dienone is 18. The maximum atomic E-state index is 12.6. The summed E-state index contributed by atoms with van der Waals surface area (Å²) in [5.74, 6) is -0.449. The Balaban J connectivity index is 4.32. The van der Waals surface area contributed by atoms with E-state index in [1.807, 2.05) is 6.08 Å². The summed E-state index contributed by atoms with van der Waals surface area (Å²) in [6, 6.07) is 0. The molecule has 0 rings (SSSR count). The molecule has 0 aliphatic rings. The van der Waals surface area contributed by atoms with E-state index < -0.39 is 45.8 Å². The molecule has 0 amide bonds. The molecule has 9 nitrogen and oxygen atoms in total. The minimum atomic E-state index is -4.55. The van der Waals surface area contributed by atoms with Gasteiger partial charge in [0, 0.05) is 13.0 Å². The summed E-state index contributed by atoms with van der Waals surface area (Å²) in [6.07, 6.45) is 57.7. The van der Waals surface area contributed by atoms with Gasteiger partial charge in [-0.25, -0.2) is 4.57 Å². The second-order valence-electron chi connectivity index (χ2n) is 14.3. The van der Waals surface area contributed by atoms with Crippen LogP contribution in [0.15, 0.2) is 109 Å². The highest BCUT2D eigenvalue weighted by Crippen LogP contribution is 2.43. The van der Waals surface area contributed by atoms with Crippen LogP contribution in [-0.2, 0) is 27.9 Å². The van der Waals surface area contributed by atoms with Crippen molar-refractivity contribution in [3.8, 4) is 0 Å². The van der Waals surface area contributed by atoms with E-state index in [0.717, 1.165) is 83.5 Å². The van der Waals surface area contributed by atoms with Crippen molar-refractivity contribution in [1.29, 1.82) is 0 Å². The third-order valence-electron chi connectivity index (χ3n) is 8.69. The Labute approximate surface area is 359 Å². The van der Waals surface area contributed by atoms with E-state index >= 15 is 0 Å². The molecular formula is C49H81O9P. The average Bonchev–Trinajstić information content (AvgIpc) is 3.23. The lowest BCUT2D eigenvalue weighted by Gasteiger charge is -2.20. The van der Waals surface area contributed by atoms with Crippen molar-refractivity contribution in [3.05, 3.63) is 109 Å². The highest BCUT2D eigenvalue weighted by atomic mass is 31.2. The van der Waals surface area contributed by atoms with Crippen LogP contribution in [-0.4, -0.2) is 66.3 Å². The lowest BCUT2D eigenvalue weighted by Crippen LogP contribution is -2.29. The van der Waals surface area contributed by atoms with Gasteiger partial charge in [0.25, 0.3) is 0 Å². The zero-order chi connectivity index (χ0) is 43.2. The summed E-state index contributed by atoms with van der Waals surface area (Å²) in [5, 5.41) is 18.4. The van der Waals surface area contributed by atoms with Gasteiger partial charge in [-0.3, -0.25) is 13.8 Å². The van der Waals surface area contributed by atoms with Crippen LogP contribution in [0.1, 0.15) is 149 Å². The standard InChI is InChI=1S/C49H81O9P/c1-3-5-7-9-11-13-15-17-19-20-21-22-23-24-25-26-27-29-31-33-35-37-39-41-49(52)58-48(46-57-59(53,54)56-44-47(51)43-50)45-55-42-40-38-36-34-32-30-28-18-16-14-12-10-8-6-4-2/h5,7,10-13,16-19,21-22,24-25,27,29,33,35,47-48,50-51H,3-4,6,8-9,14-15,20,23,26,28,30-32,34,36-46H2,1-2H3,(H,53,54)/b7-5-,12-10-,13-11-,18-16-,19-17-,22-21-,25-24-,29-27-,35-33-. The molecular weight excluding hydrogens is 764 g/mol. The molecule has 0 saturated carbocycles. The second kappa shape index (κ2) is 44.7. The van der Waals surface area contributed by atoms with Crippen LogP contribution < -0.4 is 0 Å². The molecule has 0 radical (unpaired) electrons. The van der Waals surface area contributed by atoms with E-state index in [4.69, 9.17) is 23.6 Å². The summed E-state index contributed by atoms with van der Waals surface area (Å²) in [5.41, 5.74) is 0. The van der Waals surface area contributed by atoms with Gasteiger partial charge in [-0.2, -0.15) is 0 Å². The molecule has 0 spiro atoms. The predicted octanol–water partition coefficient (Wildman–Crippen LogP) is 12.6. The van der Waals surface area contributed by atoms with Crippen LogP contribution in [0.25, 0.3) is 0 Å². The van der Waals surface area contributed by atoms with Crippen molar-refractivity contribution in [3.63, 3.8) is 0 Å². The zero-order valence-corrected chi connectivity index (χ0v) is 37.6. The third-order valence-corrected chi connectivity index (χ3v) is 9.64. The van der Waals surface area contributed by atoms with Crippen molar-refractivity contribution in [2.24, 2.45) is 0 Å². The Morgan fingerprint density at radius 3 is 1.46 bits per heavy atom. The number of hydrogen-bond donors (Lipinski definition) is 3. The van der Waals surface area contributed by atoms with Crippen molar-refractivity contribution < 1.29 is 43.0 Å². The first-order valence-electron chi connectivity index (χ1n) is 22.4. The fourth-order valence-electron chi connectivity index (χ4n) is 5.30. The van der Waals surface area contributed by atoms with Gasteiger partial charge >= 0.3 is 13.8 Å². The maximum absolute atomic E-state index is 12.6. The van der Waals surface area contributed by atoms with Crippen molar-refractivity contribution >= 4 is 13.8 Å². The number of esters is 1. The molecule has 0 saturated heterocycles. The van der Waals surface area contributed by atoms with Crippen molar-refractivity contribution in [2.75, 3.05) is 33.0 Å². The van der Waals surface area contributed by atoms with E-state index in [-0.39, 0.29) is 13.0 Å². The van der Waals surface area contributed by atoms with Gasteiger partial charge < -0.3 is 24.6 Å². The molecule has 59 heavy (non-hydrogen) atoms. The number of aliphatic hydroxyl groups excluding tert-OH is 2. The maximum Gasteiger partial charge on any atom is 0.472 e. The minimum absolute atomic E-state index is 0.0109. The number of unbranched alkanes of at least 4 members (excludes halogenated alkanes) is 9. The van der Waals surface area contributed by atoms with Crippen LogP contribution in [0.3, 0.4) is 0 Å². The fourth-order valence-corrected chi connectivity index (χ4v) is 6.09. The molecule has 0 heterocycles. The molecule has 3 N–H and O–H groups in total. The number of hydrogen-bond acceptors (Lipinski definition) is 8. The molecule has 0 bridgehead atoms. The normalized spacial score (nSPS) is 15.0. The minimum Gasteiger partial charge on any atom is -0.457 e. The lowest BCUT2D eigenvalue weighted by molar-refractivity contribution is -0.154. The Kier molecular flexibility index (Phi) is 42.5. The fraction of sp³-hybridized carbons (Fsp3) is 0.612. The first-order chi connectivity index (χ1) is 28.8. The van der Waals surface area contributed by atoms with Gasteiger partial charge in [-0.1, -0.05) is 162 Å². The summed E-state index contributed by atoms with van der Waals surface area (Å²) in [4.78, 5) is 22.6. The second-order valence-corrected chi connectivity index (χ2v) is 15.8. The van der Waals surface area contributed by atoms with Crippen LogP contribution in [0.2, 0.25) is 0 Å². The highest BCUT2D eigenvalue weighted by Gasteiger charge is 2.26. The quantitative estimate of drug-likeness (QED) is 0.0238. The predicted molar refractivity (Wildman–Crippen MR) is 246 cm³/mol. The topological polar surface area (TPSA) is 132 Å². The molecule has 0 aliphatic heterocycles. The lowest BCUT2D eigenvalue weighted by atomic mass is 10.1. The zero-order valence-electron chi connectivity index (χ0n) is 36.7. The molecule has 0 aliphatic carbocycles.